The SMILES string of the molecule is NC(=O)CC(=O)CCCSc1nonc1C(=Nc1ccc(F)c(C(F)F)c1)NO. The number of aromatic nitrogens is 2. The van der Waals surface area contributed by atoms with Crippen molar-refractivity contribution in [3.63, 3.8) is 0 Å². The lowest BCUT2D eigenvalue weighted by molar-refractivity contribution is -0.126. The number of hydroxylamine groups is 1. The van der Waals surface area contributed by atoms with Crippen molar-refractivity contribution in [3.8, 4) is 0 Å². The second-order valence-electron chi connectivity index (χ2n) is 5.63. The van der Waals surface area contributed by atoms with Crippen molar-refractivity contribution in [1.82, 2.24) is 15.8 Å². The van der Waals surface area contributed by atoms with Crippen LogP contribution in [0.25, 0.3) is 0 Å². The zero-order valence-corrected chi connectivity index (χ0v) is 15.6. The maximum atomic E-state index is 13.4. The van der Waals surface area contributed by atoms with E-state index in [4.69, 9.17) is 5.73 Å². The van der Waals surface area contributed by atoms with Gasteiger partial charge in [-0.25, -0.2) is 22.8 Å². The molecule has 1 aromatic heterocycles. The number of halogens is 3. The van der Waals surface area contributed by atoms with E-state index in [0.717, 1.165) is 30.0 Å². The van der Waals surface area contributed by atoms with Crippen LogP contribution < -0.4 is 11.2 Å². The van der Waals surface area contributed by atoms with Crippen molar-refractivity contribution in [2.45, 2.75) is 30.7 Å². The van der Waals surface area contributed by atoms with Gasteiger partial charge in [0.15, 0.2) is 16.6 Å². The number of Topliss-reactive ketones (excluding diaryl/α,β-unsaturated/α-hetero) is 1. The average molecular weight is 431 g/mol. The number of nitrogens with zero attached hydrogens (tertiary/aromatic N) is 3. The van der Waals surface area contributed by atoms with Crippen molar-refractivity contribution in [1.29, 1.82) is 0 Å². The maximum absolute atomic E-state index is 13.4. The summed E-state index contributed by atoms with van der Waals surface area (Å²) in [4.78, 5) is 26.0. The van der Waals surface area contributed by atoms with Gasteiger partial charge in [-0.15, -0.1) is 11.8 Å². The summed E-state index contributed by atoms with van der Waals surface area (Å²) in [7, 11) is 0. The predicted octanol–water partition coefficient (Wildman–Crippen LogP) is 2.52. The number of carbonyl (C=O) groups is 2. The molecule has 29 heavy (non-hydrogen) atoms. The molecule has 0 fully saturated rings. The summed E-state index contributed by atoms with van der Waals surface area (Å²) in [5.74, 6) is -1.93. The Morgan fingerprint density at radius 2 is 2.10 bits per heavy atom. The minimum absolute atomic E-state index is 0.0103. The second-order valence-corrected chi connectivity index (χ2v) is 6.71. The number of aliphatic imine (C=N–C) groups is 1. The highest BCUT2D eigenvalue weighted by molar-refractivity contribution is 7.99. The Hall–Kier alpha value is -2.93. The van der Waals surface area contributed by atoms with Crippen molar-refractivity contribution in [2.75, 3.05) is 5.75 Å². The number of amides is 1. The molecule has 0 spiro atoms. The first-order valence-electron chi connectivity index (χ1n) is 8.14. The van der Waals surface area contributed by atoms with Gasteiger partial charge in [0.1, 0.15) is 11.6 Å². The summed E-state index contributed by atoms with van der Waals surface area (Å²) in [5, 5.41) is 16.8. The van der Waals surface area contributed by atoms with E-state index in [1.165, 1.54) is 0 Å². The summed E-state index contributed by atoms with van der Waals surface area (Å²) in [6.45, 7) is 0. The first-order chi connectivity index (χ1) is 13.8. The van der Waals surface area contributed by atoms with Gasteiger partial charge in [-0.3, -0.25) is 20.3 Å². The molecule has 0 aliphatic rings. The number of thioether (sulfide) groups is 1. The van der Waals surface area contributed by atoms with Gasteiger partial charge >= 0.3 is 0 Å². The minimum Gasteiger partial charge on any atom is -0.369 e. The van der Waals surface area contributed by atoms with Gasteiger partial charge in [-0.1, -0.05) is 0 Å². The molecule has 0 saturated carbocycles. The number of ketones is 1. The van der Waals surface area contributed by atoms with Crippen LogP contribution in [-0.4, -0.2) is 38.8 Å². The van der Waals surface area contributed by atoms with Crippen LogP contribution in [0.15, 0.2) is 32.8 Å². The molecule has 0 aliphatic carbocycles. The lowest BCUT2D eigenvalue weighted by Gasteiger charge is -2.05. The molecule has 1 aromatic carbocycles. The molecule has 0 atom stereocenters. The topological polar surface area (TPSA) is 144 Å². The van der Waals surface area contributed by atoms with Crippen LogP contribution in [0.3, 0.4) is 0 Å². The number of carbonyl (C=O) groups excluding carboxylic acids is 2. The third-order valence-electron chi connectivity index (χ3n) is 3.45. The molecule has 0 radical (unpaired) electrons. The number of nitrogens with two attached hydrogens (primary N) is 1. The zero-order valence-electron chi connectivity index (χ0n) is 14.8. The number of benzene rings is 1. The third kappa shape index (κ3) is 6.57. The highest BCUT2D eigenvalue weighted by Crippen LogP contribution is 2.27. The molecule has 9 nitrogen and oxygen atoms in total. The zero-order chi connectivity index (χ0) is 21.4. The molecular weight excluding hydrogens is 415 g/mol. The average Bonchev–Trinajstić information content (AvgIpc) is 3.12. The molecule has 4 N–H and O–H groups in total. The third-order valence-corrected chi connectivity index (χ3v) is 4.49. The van der Waals surface area contributed by atoms with Gasteiger partial charge in [-0.2, -0.15) is 0 Å². The fourth-order valence-electron chi connectivity index (χ4n) is 2.17. The Labute approximate surface area is 166 Å². The van der Waals surface area contributed by atoms with Crippen molar-refractivity contribution in [3.05, 3.63) is 35.3 Å². The van der Waals surface area contributed by atoms with E-state index in [1.807, 2.05) is 0 Å². The molecule has 2 aromatic rings. The van der Waals surface area contributed by atoms with E-state index < -0.39 is 23.7 Å². The number of alkyl halides is 2. The van der Waals surface area contributed by atoms with E-state index in [-0.39, 0.29) is 40.9 Å². The van der Waals surface area contributed by atoms with Crippen LogP contribution in [0.1, 0.15) is 36.9 Å². The standard InChI is InChI=1S/C16H16F3N5O4S/c17-11-4-3-8(6-10(11)14(18)19)21-15(22-27)13-16(24-28-23-13)29-5-1-2-9(25)7-12(20)26/h3-4,6,14,27H,1-2,5,7H2,(H2,20,26)(H,21,22). The Kier molecular flexibility index (Phi) is 8.15. The molecule has 0 saturated heterocycles. The van der Waals surface area contributed by atoms with E-state index in [1.54, 1.807) is 5.48 Å². The molecule has 0 bridgehead atoms. The molecule has 2 rings (SSSR count). The predicted molar refractivity (Wildman–Crippen MR) is 95.6 cm³/mol. The number of rotatable bonds is 10. The number of hydrogen-bond acceptors (Lipinski definition) is 8. The Bertz CT molecular complexity index is 906. The highest BCUT2D eigenvalue weighted by atomic mass is 32.2. The van der Waals surface area contributed by atoms with Gasteiger partial charge in [0.25, 0.3) is 6.43 Å². The fourth-order valence-corrected chi connectivity index (χ4v) is 3.01. The quantitative estimate of drug-likeness (QED) is 0.130. The molecule has 13 heteroatoms. The maximum Gasteiger partial charge on any atom is 0.266 e. The van der Waals surface area contributed by atoms with Gasteiger partial charge in [0.2, 0.25) is 5.91 Å². The first-order valence-corrected chi connectivity index (χ1v) is 9.12. The van der Waals surface area contributed by atoms with E-state index >= 15 is 0 Å². The van der Waals surface area contributed by atoms with Crippen LogP contribution in [0.2, 0.25) is 0 Å². The van der Waals surface area contributed by atoms with Crippen LogP contribution in [-0.2, 0) is 9.59 Å². The highest BCUT2D eigenvalue weighted by Gasteiger charge is 2.19. The normalized spacial score (nSPS) is 11.7. The lowest BCUT2D eigenvalue weighted by Crippen LogP contribution is -2.21. The largest absolute Gasteiger partial charge is 0.369 e. The first kappa shape index (κ1) is 22.4. The van der Waals surface area contributed by atoms with Crippen molar-refractivity contribution in [2.24, 2.45) is 10.7 Å². The summed E-state index contributed by atoms with van der Waals surface area (Å²) in [6.07, 6.45) is -2.81. The van der Waals surface area contributed by atoms with Crippen molar-refractivity contribution >= 4 is 35.0 Å². The molecular formula is C16H16F3N5O4S. The van der Waals surface area contributed by atoms with E-state index in [2.05, 4.69) is 19.9 Å². The Balaban J connectivity index is 2.09. The molecule has 1 amide bonds. The van der Waals surface area contributed by atoms with Gasteiger partial charge in [-0.05, 0) is 34.9 Å². The number of hydrogen-bond donors (Lipinski definition) is 3. The molecule has 1 heterocycles. The van der Waals surface area contributed by atoms with E-state index in [9.17, 15) is 28.0 Å². The van der Waals surface area contributed by atoms with Gasteiger partial charge < -0.3 is 5.73 Å². The number of primary amides is 1. The number of amidine groups is 1. The lowest BCUT2D eigenvalue weighted by atomic mass is 10.2. The Morgan fingerprint density at radius 3 is 2.76 bits per heavy atom. The fraction of sp³-hybridized carbons (Fsp3) is 0.312. The minimum atomic E-state index is -3.03. The molecule has 156 valence electrons. The van der Waals surface area contributed by atoms with Crippen LogP contribution in [0.4, 0.5) is 18.9 Å². The summed E-state index contributed by atoms with van der Waals surface area (Å²) >= 11 is 1.13. The summed E-state index contributed by atoms with van der Waals surface area (Å²) in [5.41, 5.74) is 5.81. The summed E-state index contributed by atoms with van der Waals surface area (Å²) in [6, 6.07) is 2.81. The van der Waals surface area contributed by atoms with Crippen molar-refractivity contribution < 1.29 is 32.6 Å². The van der Waals surface area contributed by atoms with E-state index in [0.29, 0.717) is 12.2 Å². The summed E-state index contributed by atoms with van der Waals surface area (Å²) < 4.78 is 43.7. The van der Waals surface area contributed by atoms with Gasteiger partial charge in [0, 0.05) is 12.2 Å². The van der Waals surface area contributed by atoms with Crippen LogP contribution >= 0.6 is 11.8 Å². The van der Waals surface area contributed by atoms with Crippen LogP contribution in [0, 0.1) is 5.82 Å². The second kappa shape index (κ2) is 10.6. The smallest absolute Gasteiger partial charge is 0.266 e. The number of nitrogens with one attached hydrogen (secondary N) is 1. The monoisotopic (exact) mass is 431 g/mol. The Morgan fingerprint density at radius 1 is 1.34 bits per heavy atom. The van der Waals surface area contributed by atoms with Gasteiger partial charge in [0.05, 0.1) is 17.7 Å². The molecule has 0 aliphatic heterocycles. The van der Waals surface area contributed by atoms with Crippen LogP contribution in [0.5, 0.6) is 0 Å². The molecule has 0 unspecified atom stereocenters.